The Balaban J connectivity index is 1.65. The third-order valence-corrected chi connectivity index (χ3v) is 4.73. The molecule has 3 nitrogen and oxygen atoms in total. The van der Waals surface area contributed by atoms with E-state index < -0.39 is 0 Å². The van der Waals surface area contributed by atoms with Crippen molar-refractivity contribution in [2.75, 3.05) is 11.1 Å². The maximum Gasteiger partial charge on any atom is 0.234 e. The molecule has 0 saturated heterocycles. The van der Waals surface area contributed by atoms with Crippen LogP contribution in [0.15, 0.2) is 77.7 Å². The van der Waals surface area contributed by atoms with Crippen molar-refractivity contribution < 1.29 is 13.9 Å². The summed E-state index contributed by atoms with van der Waals surface area (Å²) in [5.41, 5.74) is 0.553. The number of hydrogen-bond donors (Lipinski definition) is 1. The van der Waals surface area contributed by atoms with Gasteiger partial charge in [-0.3, -0.25) is 4.79 Å². The van der Waals surface area contributed by atoms with Crippen LogP contribution in [-0.4, -0.2) is 11.7 Å². The number of benzene rings is 3. The van der Waals surface area contributed by atoms with E-state index in [1.54, 1.807) is 36.4 Å². The number of carbonyl (C=O) groups is 1. The van der Waals surface area contributed by atoms with Crippen LogP contribution in [0.2, 0.25) is 5.02 Å². The van der Waals surface area contributed by atoms with Crippen molar-refractivity contribution in [2.24, 2.45) is 0 Å². The zero-order valence-corrected chi connectivity index (χ0v) is 15.2. The van der Waals surface area contributed by atoms with Gasteiger partial charge in [0.15, 0.2) is 5.75 Å². The zero-order chi connectivity index (χ0) is 18.4. The van der Waals surface area contributed by atoms with Crippen LogP contribution in [0.3, 0.4) is 0 Å². The number of anilines is 1. The minimum absolute atomic E-state index is 0.186. The summed E-state index contributed by atoms with van der Waals surface area (Å²) in [4.78, 5) is 13.1. The first kappa shape index (κ1) is 18.3. The third-order valence-electron chi connectivity index (χ3n) is 3.40. The highest BCUT2D eigenvalue weighted by molar-refractivity contribution is 8.00. The van der Waals surface area contributed by atoms with E-state index in [1.165, 1.54) is 23.9 Å². The molecule has 0 radical (unpaired) electrons. The molecule has 0 bridgehead atoms. The average molecular weight is 388 g/mol. The summed E-state index contributed by atoms with van der Waals surface area (Å²) in [6, 6.07) is 20.3. The van der Waals surface area contributed by atoms with Gasteiger partial charge in [0.1, 0.15) is 11.6 Å². The van der Waals surface area contributed by atoms with Crippen molar-refractivity contribution in [2.45, 2.75) is 4.90 Å². The van der Waals surface area contributed by atoms with Crippen molar-refractivity contribution in [3.05, 3.63) is 83.6 Å². The number of rotatable bonds is 6. The van der Waals surface area contributed by atoms with Crippen molar-refractivity contribution in [3.8, 4) is 11.5 Å². The molecule has 132 valence electrons. The molecule has 3 aromatic rings. The molecule has 26 heavy (non-hydrogen) atoms. The Morgan fingerprint density at radius 3 is 2.35 bits per heavy atom. The van der Waals surface area contributed by atoms with E-state index in [1.807, 2.05) is 24.3 Å². The number of thioether (sulfide) groups is 1. The highest BCUT2D eigenvalue weighted by atomic mass is 35.5. The summed E-state index contributed by atoms with van der Waals surface area (Å²) < 4.78 is 18.7. The van der Waals surface area contributed by atoms with Crippen LogP contribution in [0, 0.1) is 5.82 Å². The molecule has 0 aliphatic heterocycles. The van der Waals surface area contributed by atoms with E-state index in [0.29, 0.717) is 22.2 Å². The van der Waals surface area contributed by atoms with Crippen LogP contribution in [0.25, 0.3) is 0 Å². The van der Waals surface area contributed by atoms with Crippen LogP contribution in [-0.2, 0) is 4.79 Å². The van der Waals surface area contributed by atoms with Crippen molar-refractivity contribution in [1.82, 2.24) is 0 Å². The monoisotopic (exact) mass is 387 g/mol. The predicted octanol–water partition coefficient (Wildman–Crippen LogP) is 6.00. The molecular weight excluding hydrogens is 373 g/mol. The van der Waals surface area contributed by atoms with Crippen molar-refractivity contribution in [1.29, 1.82) is 0 Å². The lowest BCUT2D eigenvalue weighted by atomic mass is 10.3. The molecule has 0 heterocycles. The fraction of sp³-hybridized carbons (Fsp3) is 0.0500. The van der Waals surface area contributed by atoms with Crippen molar-refractivity contribution >= 4 is 35.0 Å². The number of hydrogen-bond acceptors (Lipinski definition) is 3. The van der Waals surface area contributed by atoms with Crippen LogP contribution in [0.4, 0.5) is 10.1 Å². The van der Waals surface area contributed by atoms with Crippen LogP contribution >= 0.6 is 23.4 Å². The summed E-state index contributed by atoms with van der Waals surface area (Å²) in [6.45, 7) is 0. The summed E-state index contributed by atoms with van der Waals surface area (Å²) >= 11 is 7.45. The zero-order valence-electron chi connectivity index (χ0n) is 13.6. The van der Waals surface area contributed by atoms with Gasteiger partial charge in [-0.25, -0.2) is 4.39 Å². The van der Waals surface area contributed by atoms with Gasteiger partial charge in [-0.05, 0) is 48.5 Å². The van der Waals surface area contributed by atoms with Gasteiger partial charge in [0, 0.05) is 4.90 Å². The number of nitrogens with one attached hydrogen (secondary N) is 1. The van der Waals surface area contributed by atoms with Gasteiger partial charge in [0.2, 0.25) is 5.91 Å². The SMILES string of the molecule is O=C(CSc1ccc(F)cc1)Nc1ccccc1Oc1ccccc1Cl. The Morgan fingerprint density at radius 2 is 1.62 bits per heavy atom. The first-order chi connectivity index (χ1) is 12.6. The molecular formula is C20H15ClFNO2S. The molecule has 0 spiro atoms. The van der Waals surface area contributed by atoms with Gasteiger partial charge in [-0.15, -0.1) is 11.8 Å². The molecule has 0 aliphatic carbocycles. The second-order valence-electron chi connectivity index (χ2n) is 5.32. The number of carbonyl (C=O) groups excluding carboxylic acids is 1. The molecule has 3 rings (SSSR count). The van der Waals surface area contributed by atoms with E-state index in [0.717, 1.165) is 4.90 Å². The van der Waals surface area contributed by atoms with Crippen LogP contribution in [0.1, 0.15) is 0 Å². The second-order valence-corrected chi connectivity index (χ2v) is 6.78. The summed E-state index contributed by atoms with van der Waals surface area (Å²) in [5, 5.41) is 3.32. The minimum Gasteiger partial charge on any atom is -0.454 e. The highest BCUT2D eigenvalue weighted by Gasteiger charge is 2.10. The predicted molar refractivity (Wildman–Crippen MR) is 104 cm³/mol. The highest BCUT2D eigenvalue weighted by Crippen LogP contribution is 2.33. The number of para-hydroxylation sites is 3. The van der Waals surface area contributed by atoms with Crippen LogP contribution in [0.5, 0.6) is 11.5 Å². The fourth-order valence-corrected chi connectivity index (χ4v) is 3.04. The molecule has 0 aromatic heterocycles. The topological polar surface area (TPSA) is 38.3 Å². The van der Waals surface area contributed by atoms with Gasteiger partial charge in [-0.1, -0.05) is 35.9 Å². The third kappa shape index (κ3) is 5.00. The van der Waals surface area contributed by atoms with E-state index in [2.05, 4.69) is 5.32 Å². The van der Waals surface area contributed by atoms with Gasteiger partial charge >= 0.3 is 0 Å². The van der Waals surface area contributed by atoms with E-state index in [-0.39, 0.29) is 17.5 Å². The molecule has 1 amide bonds. The quantitative estimate of drug-likeness (QED) is 0.527. The normalized spacial score (nSPS) is 10.4. The van der Waals surface area contributed by atoms with Gasteiger partial charge in [-0.2, -0.15) is 0 Å². The summed E-state index contributed by atoms with van der Waals surface area (Å²) in [7, 11) is 0. The van der Waals surface area contributed by atoms with Crippen LogP contribution < -0.4 is 10.1 Å². The molecule has 6 heteroatoms. The Morgan fingerprint density at radius 1 is 0.962 bits per heavy atom. The van der Waals surface area contributed by atoms with Gasteiger partial charge < -0.3 is 10.1 Å². The van der Waals surface area contributed by atoms with Gasteiger partial charge in [0.25, 0.3) is 0 Å². The second kappa shape index (κ2) is 8.74. The Labute approximate surface area is 160 Å². The summed E-state index contributed by atoms with van der Waals surface area (Å²) in [6.07, 6.45) is 0. The average Bonchev–Trinajstić information content (AvgIpc) is 2.65. The smallest absolute Gasteiger partial charge is 0.234 e. The summed E-state index contributed by atoms with van der Waals surface area (Å²) in [5.74, 6) is 0.725. The van der Waals surface area contributed by atoms with E-state index in [4.69, 9.17) is 16.3 Å². The first-order valence-corrected chi connectivity index (χ1v) is 9.18. The standard InChI is InChI=1S/C20H15ClFNO2S/c21-16-5-1-3-7-18(16)25-19-8-4-2-6-17(19)23-20(24)13-26-15-11-9-14(22)10-12-15/h1-12H,13H2,(H,23,24). The van der Waals surface area contributed by atoms with E-state index >= 15 is 0 Å². The van der Waals surface area contributed by atoms with E-state index in [9.17, 15) is 9.18 Å². The van der Waals surface area contributed by atoms with Crippen molar-refractivity contribution in [3.63, 3.8) is 0 Å². The van der Waals surface area contributed by atoms with Gasteiger partial charge in [0.05, 0.1) is 16.5 Å². The molecule has 0 atom stereocenters. The Kier molecular flexibility index (Phi) is 6.15. The lowest BCUT2D eigenvalue weighted by molar-refractivity contribution is -0.113. The Bertz CT molecular complexity index is 902. The fourth-order valence-electron chi connectivity index (χ4n) is 2.17. The molecule has 0 fully saturated rings. The first-order valence-electron chi connectivity index (χ1n) is 7.81. The Hall–Kier alpha value is -2.50. The largest absolute Gasteiger partial charge is 0.454 e. The number of halogens is 2. The minimum atomic E-state index is -0.301. The lowest BCUT2D eigenvalue weighted by Crippen LogP contribution is -2.14. The maximum absolute atomic E-state index is 12.9. The number of ether oxygens (including phenoxy) is 1. The number of amides is 1. The lowest BCUT2D eigenvalue weighted by Gasteiger charge is -2.13. The molecule has 0 aliphatic rings. The molecule has 1 N–H and O–H groups in total. The molecule has 0 saturated carbocycles. The molecule has 0 unspecified atom stereocenters. The maximum atomic E-state index is 12.9. The molecule has 3 aromatic carbocycles.